The van der Waals surface area contributed by atoms with E-state index in [1.807, 2.05) is 19.1 Å². The maximum absolute atomic E-state index is 13.3. The van der Waals surface area contributed by atoms with Crippen molar-refractivity contribution in [2.45, 2.75) is 18.7 Å². The molecule has 1 aromatic heterocycles. The first kappa shape index (κ1) is 22.5. The van der Waals surface area contributed by atoms with Crippen LogP contribution in [0.15, 0.2) is 58.8 Å². The van der Waals surface area contributed by atoms with Crippen molar-refractivity contribution in [2.75, 3.05) is 18.4 Å². The van der Waals surface area contributed by atoms with Crippen molar-refractivity contribution in [1.29, 1.82) is 0 Å². The molecule has 0 spiro atoms. The Morgan fingerprint density at radius 2 is 1.65 bits per heavy atom. The number of hydrogen-bond donors (Lipinski definition) is 1. The van der Waals surface area contributed by atoms with Crippen LogP contribution in [0.5, 0.6) is 0 Å². The van der Waals surface area contributed by atoms with Crippen molar-refractivity contribution in [3.05, 3.63) is 69.9 Å². The van der Waals surface area contributed by atoms with E-state index in [0.29, 0.717) is 16.7 Å². The van der Waals surface area contributed by atoms with Crippen molar-refractivity contribution >= 4 is 39.0 Å². The van der Waals surface area contributed by atoms with E-state index in [9.17, 15) is 18.0 Å². The molecule has 0 saturated carbocycles. The SMILES string of the molecule is CCOC(=O)c1ccc(NS(=O)(=O)c2c(-c3ccc(C)cc3)csc2C(=O)OC)cc1. The first-order valence-corrected chi connectivity index (χ1v) is 11.7. The zero-order valence-corrected chi connectivity index (χ0v) is 18.8. The Morgan fingerprint density at radius 1 is 1.00 bits per heavy atom. The van der Waals surface area contributed by atoms with Crippen molar-refractivity contribution < 1.29 is 27.5 Å². The summed E-state index contributed by atoms with van der Waals surface area (Å²) < 4.78 is 38.8. The predicted octanol–water partition coefficient (Wildman–Crippen LogP) is 4.49. The number of nitrogens with one attached hydrogen (secondary N) is 1. The van der Waals surface area contributed by atoms with Crippen LogP contribution in [0.1, 0.15) is 32.5 Å². The Bertz CT molecular complexity index is 1200. The monoisotopic (exact) mass is 459 g/mol. The molecule has 0 bridgehead atoms. The quantitative estimate of drug-likeness (QED) is 0.523. The summed E-state index contributed by atoms with van der Waals surface area (Å²) in [6.07, 6.45) is 0. The minimum Gasteiger partial charge on any atom is -0.465 e. The van der Waals surface area contributed by atoms with Gasteiger partial charge in [0.25, 0.3) is 10.0 Å². The summed E-state index contributed by atoms with van der Waals surface area (Å²) >= 11 is 1.00. The number of esters is 2. The number of hydrogen-bond acceptors (Lipinski definition) is 7. The van der Waals surface area contributed by atoms with E-state index in [2.05, 4.69) is 4.72 Å². The average molecular weight is 460 g/mol. The summed E-state index contributed by atoms with van der Waals surface area (Å²) in [5.74, 6) is -1.23. The van der Waals surface area contributed by atoms with Gasteiger partial charge in [0.2, 0.25) is 0 Å². The van der Waals surface area contributed by atoms with E-state index in [1.165, 1.54) is 31.4 Å². The van der Waals surface area contributed by atoms with Crippen LogP contribution in [-0.4, -0.2) is 34.1 Å². The topological polar surface area (TPSA) is 98.8 Å². The van der Waals surface area contributed by atoms with Gasteiger partial charge in [0.15, 0.2) is 0 Å². The number of carbonyl (C=O) groups is 2. The maximum atomic E-state index is 13.3. The minimum absolute atomic E-state index is 0.0197. The van der Waals surface area contributed by atoms with Gasteiger partial charge in [-0.1, -0.05) is 29.8 Å². The molecule has 0 atom stereocenters. The van der Waals surface area contributed by atoms with Crippen molar-refractivity contribution in [3.8, 4) is 11.1 Å². The van der Waals surface area contributed by atoms with E-state index in [4.69, 9.17) is 9.47 Å². The second kappa shape index (κ2) is 9.32. The van der Waals surface area contributed by atoms with Crippen LogP contribution in [-0.2, 0) is 19.5 Å². The molecule has 0 amide bonds. The molecule has 0 aliphatic rings. The Balaban J connectivity index is 2.01. The van der Waals surface area contributed by atoms with Crippen LogP contribution in [0.4, 0.5) is 5.69 Å². The standard InChI is InChI=1S/C22H21NO6S2/c1-4-29-21(24)16-9-11-17(12-10-16)23-31(26,27)20-18(13-30-19(20)22(25)28-3)15-7-5-14(2)6-8-15/h5-13,23H,4H2,1-3H3. The molecule has 0 saturated heterocycles. The van der Waals surface area contributed by atoms with Crippen molar-refractivity contribution in [1.82, 2.24) is 0 Å². The first-order chi connectivity index (χ1) is 14.8. The number of sulfonamides is 1. The molecule has 1 heterocycles. The van der Waals surface area contributed by atoms with E-state index in [-0.39, 0.29) is 22.1 Å². The molecule has 0 radical (unpaired) electrons. The third kappa shape index (κ3) is 4.95. The van der Waals surface area contributed by atoms with Crippen LogP contribution in [0.3, 0.4) is 0 Å². The molecule has 0 fully saturated rings. The van der Waals surface area contributed by atoms with Gasteiger partial charge in [-0.3, -0.25) is 4.72 Å². The molecule has 162 valence electrons. The molecule has 7 nitrogen and oxygen atoms in total. The van der Waals surface area contributed by atoms with Gasteiger partial charge in [0.1, 0.15) is 9.77 Å². The molecular weight excluding hydrogens is 438 g/mol. The number of benzene rings is 2. The van der Waals surface area contributed by atoms with Gasteiger partial charge in [-0.15, -0.1) is 11.3 Å². The normalized spacial score (nSPS) is 11.1. The highest BCUT2D eigenvalue weighted by Gasteiger charge is 2.30. The van der Waals surface area contributed by atoms with E-state index in [1.54, 1.807) is 24.4 Å². The fourth-order valence-electron chi connectivity index (χ4n) is 2.87. The van der Waals surface area contributed by atoms with Gasteiger partial charge >= 0.3 is 11.9 Å². The summed E-state index contributed by atoms with van der Waals surface area (Å²) in [7, 11) is -2.94. The lowest BCUT2D eigenvalue weighted by Crippen LogP contribution is -2.17. The lowest BCUT2D eigenvalue weighted by Gasteiger charge is -2.12. The fraction of sp³-hybridized carbons (Fsp3) is 0.182. The Hall–Kier alpha value is -3.17. The maximum Gasteiger partial charge on any atom is 0.349 e. The zero-order chi connectivity index (χ0) is 22.6. The number of thiophene rings is 1. The number of rotatable bonds is 7. The van der Waals surface area contributed by atoms with Gasteiger partial charge in [0.05, 0.1) is 19.3 Å². The van der Waals surface area contributed by atoms with E-state index < -0.39 is 22.0 Å². The largest absolute Gasteiger partial charge is 0.465 e. The Morgan fingerprint density at radius 3 is 2.23 bits per heavy atom. The van der Waals surface area contributed by atoms with Crippen LogP contribution in [0, 0.1) is 6.92 Å². The summed E-state index contributed by atoms with van der Waals surface area (Å²) in [6, 6.07) is 13.2. The Labute approximate surface area is 184 Å². The summed E-state index contributed by atoms with van der Waals surface area (Å²) in [5.41, 5.74) is 2.63. The number of anilines is 1. The molecular formula is C22H21NO6S2. The second-order valence-corrected chi connectivity index (χ2v) is 9.07. The lowest BCUT2D eigenvalue weighted by molar-refractivity contribution is 0.0525. The highest BCUT2D eigenvalue weighted by atomic mass is 32.2. The lowest BCUT2D eigenvalue weighted by atomic mass is 10.1. The number of methoxy groups -OCH3 is 1. The molecule has 0 aliphatic heterocycles. The van der Waals surface area contributed by atoms with Crippen LogP contribution in [0.2, 0.25) is 0 Å². The van der Waals surface area contributed by atoms with Gasteiger partial charge < -0.3 is 9.47 Å². The molecule has 3 rings (SSSR count). The minimum atomic E-state index is -4.14. The molecule has 0 aliphatic carbocycles. The second-order valence-electron chi connectivity index (χ2n) is 6.57. The fourth-order valence-corrected chi connectivity index (χ4v) is 5.65. The molecule has 3 aromatic rings. The summed E-state index contributed by atoms with van der Waals surface area (Å²) in [5, 5.41) is 1.62. The van der Waals surface area contributed by atoms with E-state index in [0.717, 1.165) is 16.9 Å². The molecule has 0 unspecified atom stereocenters. The van der Waals surface area contributed by atoms with Gasteiger partial charge in [-0.2, -0.15) is 0 Å². The van der Waals surface area contributed by atoms with Crippen molar-refractivity contribution in [2.24, 2.45) is 0 Å². The van der Waals surface area contributed by atoms with Crippen LogP contribution >= 0.6 is 11.3 Å². The highest BCUT2D eigenvalue weighted by Crippen LogP contribution is 2.37. The number of ether oxygens (including phenoxy) is 2. The molecule has 9 heteroatoms. The number of carbonyl (C=O) groups excluding carboxylic acids is 2. The van der Waals surface area contributed by atoms with Crippen LogP contribution < -0.4 is 4.72 Å². The smallest absolute Gasteiger partial charge is 0.349 e. The van der Waals surface area contributed by atoms with Crippen LogP contribution in [0.25, 0.3) is 11.1 Å². The molecule has 31 heavy (non-hydrogen) atoms. The van der Waals surface area contributed by atoms with Gasteiger partial charge in [0, 0.05) is 16.6 Å². The summed E-state index contributed by atoms with van der Waals surface area (Å²) in [6.45, 7) is 3.87. The predicted molar refractivity (Wildman–Crippen MR) is 119 cm³/mol. The third-order valence-electron chi connectivity index (χ3n) is 4.40. The van der Waals surface area contributed by atoms with Gasteiger partial charge in [-0.05, 0) is 43.7 Å². The zero-order valence-electron chi connectivity index (χ0n) is 17.2. The third-order valence-corrected chi connectivity index (χ3v) is 6.95. The van der Waals surface area contributed by atoms with Crippen molar-refractivity contribution in [3.63, 3.8) is 0 Å². The Kier molecular flexibility index (Phi) is 6.77. The summed E-state index contributed by atoms with van der Waals surface area (Å²) in [4.78, 5) is 23.9. The number of aryl methyl sites for hydroxylation is 1. The van der Waals surface area contributed by atoms with Gasteiger partial charge in [-0.25, -0.2) is 18.0 Å². The average Bonchev–Trinajstić information content (AvgIpc) is 3.20. The first-order valence-electron chi connectivity index (χ1n) is 9.33. The highest BCUT2D eigenvalue weighted by molar-refractivity contribution is 7.93. The molecule has 2 aromatic carbocycles. The van der Waals surface area contributed by atoms with E-state index >= 15 is 0 Å². The molecule has 1 N–H and O–H groups in total.